The second-order valence-electron chi connectivity index (χ2n) is 5.68. The Kier molecular flexibility index (Phi) is 6.43. The summed E-state index contributed by atoms with van der Waals surface area (Å²) in [4.78, 5) is 1.95. The minimum Gasteiger partial charge on any atom is -0.355 e. The van der Waals surface area contributed by atoms with E-state index in [-0.39, 0.29) is 15.7 Å². The number of benzene rings is 1. The van der Waals surface area contributed by atoms with Gasteiger partial charge < -0.3 is 4.90 Å². The summed E-state index contributed by atoms with van der Waals surface area (Å²) in [5.41, 5.74) is -0.515. The summed E-state index contributed by atoms with van der Waals surface area (Å²) in [6.07, 6.45) is -1.56. The maximum Gasteiger partial charge on any atom is 0.416 e. The number of anilines is 1. The third kappa shape index (κ3) is 4.08. The Hall–Kier alpha value is -1.91. The van der Waals surface area contributed by atoms with Crippen LogP contribution in [0.25, 0.3) is 5.69 Å². The number of alkyl halides is 3. The number of hydrogen-bond donors (Lipinski definition) is 0. The Morgan fingerprint density at radius 1 is 1.15 bits per heavy atom. The number of halogens is 5. The molecule has 2 aromatic rings. The number of aromatic nitrogens is 2. The Labute approximate surface area is 159 Å². The molecule has 2 rings (SSSR count). The third-order valence-corrected chi connectivity index (χ3v) is 4.28. The van der Waals surface area contributed by atoms with Crippen LogP contribution in [-0.2, 0) is 6.18 Å². The lowest BCUT2D eigenvalue weighted by Gasteiger charge is -2.25. The molecule has 140 valence electrons. The summed E-state index contributed by atoms with van der Waals surface area (Å²) < 4.78 is 40.2. The fourth-order valence-corrected chi connectivity index (χ4v) is 3.33. The lowest BCUT2D eigenvalue weighted by atomic mass is 10.2. The topological polar surface area (TPSA) is 44.9 Å². The van der Waals surface area contributed by atoms with E-state index >= 15 is 0 Å². The highest BCUT2D eigenvalue weighted by molar-refractivity contribution is 6.38. The van der Waals surface area contributed by atoms with Crippen LogP contribution in [0.3, 0.4) is 0 Å². The molecular weight excluding hydrogens is 388 g/mol. The molecule has 0 radical (unpaired) electrons. The Morgan fingerprint density at radius 3 is 2.12 bits per heavy atom. The lowest BCUT2D eigenvalue weighted by Crippen LogP contribution is -2.28. The van der Waals surface area contributed by atoms with E-state index < -0.39 is 11.7 Å². The highest BCUT2D eigenvalue weighted by atomic mass is 35.5. The van der Waals surface area contributed by atoms with E-state index in [0.29, 0.717) is 24.5 Å². The van der Waals surface area contributed by atoms with Gasteiger partial charge in [0.25, 0.3) is 0 Å². The van der Waals surface area contributed by atoms with E-state index in [4.69, 9.17) is 23.2 Å². The fourth-order valence-electron chi connectivity index (χ4n) is 2.68. The molecule has 0 saturated heterocycles. The van der Waals surface area contributed by atoms with Gasteiger partial charge in [0.15, 0.2) is 5.82 Å². The van der Waals surface area contributed by atoms with Crippen molar-refractivity contribution in [2.45, 2.75) is 32.9 Å². The molecule has 0 saturated carbocycles. The van der Waals surface area contributed by atoms with E-state index in [1.807, 2.05) is 18.7 Å². The number of nitrogens with zero attached hydrogens (tertiary/aromatic N) is 4. The SMILES string of the molecule is CCCN(CCC)c1c(C#N)cnn1-c1c(Cl)cc(C(F)(F)F)cc1Cl. The van der Waals surface area contributed by atoms with Gasteiger partial charge in [-0.05, 0) is 25.0 Å². The van der Waals surface area contributed by atoms with Crippen molar-refractivity contribution in [3.8, 4) is 11.8 Å². The Bertz CT molecular complexity index is 795. The Balaban J connectivity index is 2.67. The highest BCUT2D eigenvalue weighted by Gasteiger charge is 2.33. The minimum atomic E-state index is -4.56. The van der Waals surface area contributed by atoms with Crippen molar-refractivity contribution in [3.05, 3.63) is 39.5 Å². The second kappa shape index (κ2) is 8.19. The molecule has 4 nitrogen and oxygen atoms in total. The van der Waals surface area contributed by atoms with Crippen molar-refractivity contribution in [1.29, 1.82) is 5.26 Å². The predicted octanol–water partition coefficient (Wildman–Crippen LogP) is 5.70. The van der Waals surface area contributed by atoms with Crippen LogP contribution in [-0.4, -0.2) is 22.9 Å². The van der Waals surface area contributed by atoms with Crippen molar-refractivity contribution in [3.63, 3.8) is 0 Å². The first-order valence-corrected chi connectivity index (χ1v) is 8.79. The Morgan fingerprint density at radius 2 is 1.69 bits per heavy atom. The zero-order valence-corrected chi connectivity index (χ0v) is 15.8. The van der Waals surface area contributed by atoms with Crippen LogP contribution in [0, 0.1) is 11.3 Å². The molecule has 0 unspecified atom stereocenters. The van der Waals surface area contributed by atoms with Crippen LogP contribution in [0.1, 0.15) is 37.8 Å². The molecule has 0 fully saturated rings. The fraction of sp³-hybridized carbons (Fsp3) is 0.412. The first-order valence-electron chi connectivity index (χ1n) is 8.04. The largest absolute Gasteiger partial charge is 0.416 e. The summed E-state index contributed by atoms with van der Waals surface area (Å²) in [7, 11) is 0. The van der Waals surface area contributed by atoms with Gasteiger partial charge in [-0.2, -0.15) is 23.5 Å². The molecule has 1 heterocycles. The van der Waals surface area contributed by atoms with Crippen LogP contribution in [0.15, 0.2) is 18.3 Å². The van der Waals surface area contributed by atoms with Crippen molar-refractivity contribution >= 4 is 29.0 Å². The lowest BCUT2D eigenvalue weighted by molar-refractivity contribution is -0.137. The van der Waals surface area contributed by atoms with Crippen LogP contribution in [0.2, 0.25) is 10.0 Å². The van der Waals surface area contributed by atoms with Crippen molar-refractivity contribution in [1.82, 2.24) is 9.78 Å². The molecule has 26 heavy (non-hydrogen) atoms. The molecule has 0 spiro atoms. The molecule has 0 amide bonds. The predicted molar refractivity (Wildman–Crippen MR) is 96.1 cm³/mol. The van der Waals surface area contributed by atoms with E-state index in [9.17, 15) is 18.4 Å². The molecule has 1 aromatic heterocycles. The molecule has 9 heteroatoms. The number of rotatable bonds is 6. The van der Waals surface area contributed by atoms with Crippen molar-refractivity contribution in [2.24, 2.45) is 0 Å². The summed E-state index contributed by atoms with van der Waals surface area (Å²) >= 11 is 12.2. The summed E-state index contributed by atoms with van der Waals surface area (Å²) in [6, 6.07) is 3.69. The van der Waals surface area contributed by atoms with E-state index in [1.165, 1.54) is 10.9 Å². The normalized spacial score (nSPS) is 11.5. The van der Waals surface area contributed by atoms with Crippen molar-refractivity contribution < 1.29 is 13.2 Å². The van der Waals surface area contributed by atoms with Gasteiger partial charge in [-0.15, -0.1) is 0 Å². The number of nitriles is 1. The van der Waals surface area contributed by atoms with E-state index in [2.05, 4.69) is 11.2 Å². The maximum atomic E-state index is 13.0. The molecule has 1 aromatic carbocycles. The highest BCUT2D eigenvalue weighted by Crippen LogP contribution is 2.39. The van der Waals surface area contributed by atoms with Crippen LogP contribution in [0.5, 0.6) is 0 Å². The third-order valence-electron chi connectivity index (χ3n) is 3.71. The van der Waals surface area contributed by atoms with Gasteiger partial charge in [0.2, 0.25) is 0 Å². The molecule has 0 aliphatic heterocycles. The monoisotopic (exact) mass is 404 g/mol. The molecule has 0 bridgehead atoms. The summed E-state index contributed by atoms with van der Waals surface area (Å²) in [5, 5.41) is 13.2. The molecule has 0 aliphatic rings. The average molecular weight is 405 g/mol. The van der Waals surface area contributed by atoms with Gasteiger partial charge in [-0.3, -0.25) is 0 Å². The van der Waals surface area contributed by atoms with Crippen LogP contribution in [0.4, 0.5) is 19.0 Å². The molecule has 0 aliphatic carbocycles. The first kappa shape index (κ1) is 20.4. The van der Waals surface area contributed by atoms with Gasteiger partial charge >= 0.3 is 6.18 Å². The van der Waals surface area contributed by atoms with Gasteiger partial charge in [0, 0.05) is 13.1 Å². The van der Waals surface area contributed by atoms with E-state index in [0.717, 1.165) is 25.0 Å². The van der Waals surface area contributed by atoms with Gasteiger partial charge in [-0.25, -0.2) is 4.68 Å². The summed E-state index contributed by atoms with van der Waals surface area (Å²) in [5.74, 6) is 0.472. The van der Waals surface area contributed by atoms with Gasteiger partial charge in [-0.1, -0.05) is 37.0 Å². The second-order valence-corrected chi connectivity index (χ2v) is 6.49. The number of hydrogen-bond acceptors (Lipinski definition) is 3. The van der Waals surface area contributed by atoms with Crippen LogP contribution < -0.4 is 4.90 Å². The van der Waals surface area contributed by atoms with Gasteiger partial charge in [0.1, 0.15) is 17.3 Å². The van der Waals surface area contributed by atoms with Crippen LogP contribution >= 0.6 is 23.2 Å². The molecule has 0 N–H and O–H groups in total. The molecule has 0 atom stereocenters. The maximum absolute atomic E-state index is 13.0. The van der Waals surface area contributed by atoms with Gasteiger partial charge in [0.05, 0.1) is 21.8 Å². The first-order chi connectivity index (χ1) is 12.2. The quantitative estimate of drug-likeness (QED) is 0.620. The summed E-state index contributed by atoms with van der Waals surface area (Å²) in [6.45, 7) is 5.30. The molecular formula is C17H17Cl2F3N4. The average Bonchev–Trinajstić information content (AvgIpc) is 2.96. The zero-order chi connectivity index (χ0) is 19.5. The zero-order valence-electron chi connectivity index (χ0n) is 14.2. The van der Waals surface area contributed by atoms with Crippen molar-refractivity contribution in [2.75, 3.05) is 18.0 Å². The smallest absolute Gasteiger partial charge is 0.355 e. The van der Waals surface area contributed by atoms with E-state index in [1.54, 1.807) is 0 Å². The minimum absolute atomic E-state index is 0.120. The standard InChI is InChI=1S/C17H17Cl2F3N4/c1-3-5-25(6-4-2)16-11(9-23)10-24-26(16)15-13(18)7-12(8-14(15)19)17(20,21)22/h7-8,10H,3-6H2,1-2H3.